The highest BCUT2D eigenvalue weighted by Gasteiger charge is 2.13. The third-order valence-electron chi connectivity index (χ3n) is 2.13. The van der Waals surface area contributed by atoms with Crippen LogP contribution in [0.3, 0.4) is 0 Å². The number of para-hydroxylation sites is 1. The minimum Gasteiger partial charge on any atom is -0.491 e. The van der Waals surface area contributed by atoms with Crippen LogP contribution >= 0.6 is 0 Å². The monoisotopic (exact) mass is 222 g/mol. The second-order valence-corrected chi connectivity index (χ2v) is 3.65. The summed E-state index contributed by atoms with van der Waals surface area (Å²) < 4.78 is 5.54. The van der Waals surface area contributed by atoms with Crippen LogP contribution in [0.2, 0.25) is 0 Å². The Morgan fingerprint density at radius 2 is 2.06 bits per heavy atom. The minimum atomic E-state index is -0.0416. The molecule has 88 valence electrons. The lowest BCUT2D eigenvalue weighted by molar-refractivity contribution is 0.0823. The first-order valence-corrected chi connectivity index (χ1v) is 5.25. The van der Waals surface area contributed by atoms with Gasteiger partial charge in [0.15, 0.2) is 0 Å². The van der Waals surface area contributed by atoms with E-state index in [0.29, 0.717) is 17.9 Å². The molecule has 0 saturated carbocycles. The molecule has 16 heavy (non-hydrogen) atoms. The molecule has 4 nitrogen and oxygen atoms in total. The molecule has 0 heterocycles. The number of rotatable bonds is 5. The molecule has 0 aliphatic carbocycles. The van der Waals surface area contributed by atoms with Gasteiger partial charge in [0, 0.05) is 20.6 Å². The Balaban J connectivity index is 2.79. The molecule has 0 fully saturated rings. The Labute approximate surface area is 96.2 Å². The van der Waals surface area contributed by atoms with Crippen molar-refractivity contribution in [2.45, 2.75) is 0 Å². The van der Waals surface area contributed by atoms with Gasteiger partial charge in [0.05, 0.1) is 5.56 Å². The third kappa shape index (κ3) is 3.24. The van der Waals surface area contributed by atoms with Gasteiger partial charge >= 0.3 is 0 Å². The summed E-state index contributed by atoms with van der Waals surface area (Å²) in [5.74, 6) is 0.594. The highest BCUT2D eigenvalue weighted by molar-refractivity contribution is 5.96. The fourth-order valence-electron chi connectivity index (χ4n) is 1.27. The molecule has 1 rings (SSSR count). The van der Waals surface area contributed by atoms with Crippen LogP contribution < -0.4 is 10.1 Å². The number of hydrogen-bond donors (Lipinski definition) is 1. The zero-order valence-corrected chi connectivity index (χ0v) is 9.99. The zero-order chi connectivity index (χ0) is 12.0. The molecular weight excluding hydrogens is 204 g/mol. The fourth-order valence-corrected chi connectivity index (χ4v) is 1.27. The quantitative estimate of drug-likeness (QED) is 0.755. The molecule has 0 aromatic heterocycles. The maximum absolute atomic E-state index is 11.8. The lowest BCUT2D eigenvalue weighted by Gasteiger charge is -2.14. The number of benzene rings is 1. The molecule has 0 aliphatic heterocycles. The van der Waals surface area contributed by atoms with Gasteiger partial charge in [0.2, 0.25) is 0 Å². The van der Waals surface area contributed by atoms with Crippen LogP contribution in [0.15, 0.2) is 24.3 Å². The summed E-state index contributed by atoms with van der Waals surface area (Å²) in [4.78, 5) is 13.4. The van der Waals surface area contributed by atoms with Crippen LogP contribution in [0.1, 0.15) is 10.4 Å². The van der Waals surface area contributed by atoms with Crippen LogP contribution in [0, 0.1) is 0 Å². The van der Waals surface area contributed by atoms with Crippen molar-refractivity contribution in [3.63, 3.8) is 0 Å². The summed E-state index contributed by atoms with van der Waals surface area (Å²) in [5, 5.41) is 2.99. The number of hydrogen-bond acceptors (Lipinski definition) is 3. The van der Waals surface area contributed by atoms with Gasteiger partial charge in [-0.05, 0) is 19.2 Å². The van der Waals surface area contributed by atoms with Crippen molar-refractivity contribution in [2.24, 2.45) is 0 Å². The van der Waals surface area contributed by atoms with Crippen LogP contribution in [0.4, 0.5) is 0 Å². The Morgan fingerprint density at radius 1 is 1.38 bits per heavy atom. The normalized spacial score (nSPS) is 9.94. The first-order valence-electron chi connectivity index (χ1n) is 5.25. The molecule has 0 radical (unpaired) electrons. The predicted octanol–water partition coefficient (Wildman–Crippen LogP) is 0.987. The largest absolute Gasteiger partial charge is 0.491 e. The van der Waals surface area contributed by atoms with Crippen LogP contribution in [-0.4, -0.2) is 45.1 Å². The average Bonchev–Trinajstić information content (AvgIpc) is 2.29. The number of nitrogens with one attached hydrogen (secondary N) is 1. The van der Waals surface area contributed by atoms with Crippen molar-refractivity contribution in [3.8, 4) is 5.75 Å². The van der Waals surface area contributed by atoms with Gasteiger partial charge in [-0.1, -0.05) is 12.1 Å². The van der Waals surface area contributed by atoms with Gasteiger partial charge in [-0.25, -0.2) is 0 Å². The summed E-state index contributed by atoms with van der Waals surface area (Å²) in [6, 6.07) is 7.28. The second-order valence-electron chi connectivity index (χ2n) is 3.65. The Hall–Kier alpha value is -1.55. The lowest BCUT2D eigenvalue weighted by Crippen LogP contribution is -2.23. The van der Waals surface area contributed by atoms with Crippen molar-refractivity contribution >= 4 is 5.91 Å². The van der Waals surface area contributed by atoms with E-state index in [1.165, 1.54) is 0 Å². The first-order chi connectivity index (χ1) is 7.66. The zero-order valence-electron chi connectivity index (χ0n) is 9.99. The standard InChI is InChI=1S/C12H18N2O2/c1-13-8-9-16-11-7-5-4-6-10(11)12(15)14(2)3/h4-7,13H,8-9H2,1-3H3. The van der Waals surface area contributed by atoms with Crippen molar-refractivity contribution < 1.29 is 9.53 Å². The van der Waals surface area contributed by atoms with Crippen molar-refractivity contribution in [1.82, 2.24) is 10.2 Å². The van der Waals surface area contributed by atoms with E-state index in [0.717, 1.165) is 6.54 Å². The number of carbonyl (C=O) groups excluding carboxylic acids is 1. The summed E-state index contributed by atoms with van der Waals surface area (Å²) in [7, 11) is 5.32. The molecule has 1 amide bonds. The molecule has 0 saturated heterocycles. The Bertz CT molecular complexity index is 351. The van der Waals surface area contributed by atoms with E-state index in [4.69, 9.17) is 4.74 Å². The molecule has 0 bridgehead atoms. The van der Waals surface area contributed by atoms with E-state index in [9.17, 15) is 4.79 Å². The van der Waals surface area contributed by atoms with Crippen LogP contribution in [-0.2, 0) is 0 Å². The lowest BCUT2D eigenvalue weighted by atomic mass is 10.2. The first kappa shape index (κ1) is 12.5. The molecule has 0 atom stereocenters. The van der Waals surface area contributed by atoms with E-state index < -0.39 is 0 Å². The molecule has 4 heteroatoms. The van der Waals surface area contributed by atoms with Gasteiger partial charge in [0.25, 0.3) is 5.91 Å². The number of carbonyl (C=O) groups is 1. The Kier molecular flexibility index (Phi) is 4.79. The Morgan fingerprint density at radius 3 is 2.69 bits per heavy atom. The van der Waals surface area contributed by atoms with Crippen molar-refractivity contribution in [2.75, 3.05) is 34.3 Å². The smallest absolute Gasteiger partial charge is 0.257 e. The summed E-state index contributed by atoms with van der Waals surface area (Å²) in [6.07, 6.45) is 0. The fraction of sp³-hybridized carbons (Fsp3) is 0.417. The van der Waals surface area contributed by atoms with E-state index >= 15 is 0 Å². The van der Waals surface area contributed by atoms with Crippen LogP contribution in [0.5, 0.6) is 5.75 Å². The van der Waals surface area contributed by atoms with Crippen molar-refractivity contribution in [1.29, 1.82) is 0 Å². The van der Waals surface area contributed by atoms with Gasteiger partial charge in [-0.3, -0.25) is 4.79 Å². The van der Waals surface area contributed by atoms with Crippen LogP contribution in [0.25, 0.3) is 0 Å². The van der Waals surface area contributed by atoms with E-state index in [-0.39, 0.29) is 5.91 Å². The molecule has 1 aromatic rings. The summed E-state index contributed by atoms with van der Waals surface area (Å²) in [5.41, 5.74) is 0.601. The molecule has 0 unspecified atom stereocenters. The topological polar surface area (TPSA) is 41.6 Å². The number of amides is 1. The number of likely N-dealkylation sites (N-methyl/N-ethyl adjacent to an activating group) is 1. The molecule has 1 aromatic carbocycles. The van der Waals surface area contributed by atoms with Gasteiger partial charge < -0.3 is 15.0 Å². The van der Waals surface area contributed by atoms with Gasteiger partial charge in [-0.15, -0.1) is 0 Å². The SMILES string of the molecule is CNCCOc1ccccc1C(=O)N(C)C. The van der Waals surface area contributed by atoms with Gasteiger partial charge in [-0.2, -0.15) is 0 Å². The van der Waals surface area contributed by atoms with E-state index in [1.54, 1.807) is 25.1 Å². The minimum absolute atomic E-state index is 0.0416. The summed E-state index contributed by atoms with van der Waals surface area (Å²) in [6.45, 7) is 1.30. The molecule has 1 N–H and O–H groups in total. The average molecular weight is 222 g/mol. The maximum Gasteiger partial charge on any atom is 0.257 e. The third-order valence-corrected chi connectivity index (χ3v) is 2.13. The molecular formula is C12H18N2O2. The highest BCUT2D eigenvalue weighted by atomic mass is 16.5. The van der Waals surface area contributed by atoms with E-state index in [2.05, 4.69) is 5.32 Å². The predicted molar refractivity (Wildman–Crippen MR) is 63.9 cm³/mol. The number of nitrogens with zero attached hydrogens (tertiary/aromatic N) is 1. The van der Waals surface area contributed by atoms with Crippen molar-refractivity contribution in [3.05, 3.63) is 29.8 Å². The highest BCUT2D eigenvalue weighted by Crippen LogP contribution is 2.18. The molecule has 0 spiro atoms. The maximum atomic E-state index is 11.8. The number of ether oxygens (including phenoxy) is 1. The van der Waals surface area contributed by atoms with Gasteiger partial charge in [0.1, 0.15) is 12.4 Å². The van der Waals surface area contributed by atoms with E-state index in [1.807, 2.05) is 25.2 Å². The molecule has 0 aliphatic rings. The summed E-state index contributed by atoms with van der Waals surface area (Å²) >= 11 is 0. The second kappa shape index (κ2) is 6.12.